The quantitative estimate of drug-likeness (QED) is 0.758. The molecule has 1 aliphatic heterocycles. The van der Waals surface area contributed by atoms with Crippen molar-refractivity contribution in [1.29, 1.82) is 0 Å². The number of halogens is 3. The maximum Gasteiger partial charge on any atom is 0.422 e. The van der Waals surface area contributed by atoms with E-state index in [1.54, 1.807) is 0 Å². The first-order valence-electron chi connectivity index (χ1n) is 8.97. The summed E-state index contributed by atoms with van der Waals surface area (Å²) in [5, 5.41) is 5.00. The van der Waals surface area contributed by atoms with E-state index in [-0.39, 0.29) is 23.7 Å². The number of aromatic nitrogens is 2. The van der Waals surface area contributed by atoms with Crippen LogP contribution in [-0.4, -0.2) is 58.9 Å². The number of nitrogens with one attached hydrogen (secondary N) is 1. The van der Waals surface area contributed by atoms with Gasteiger partial charge in [-0.2, -0.15) is 13.2 Å². The highest BCUT2D eigenvalue weighted by Crippen LogP contribution is 2.21. The predicted octanol–water partition coefficient (Wildman–Crippen LogP) is 3.34. The monoisotopic (exact) mass is 430 g/mol. The number of ether oxygens (including phenoxy) is 2. The molecule has 2 aromatic rings. The Hall–Kier alpha value is -2.24. The van der Waals surface area contributed by atoms with E-state index in [4.69, 9.17) is 4.74 Å². The van der Waals surface area contributed by atoms with E-state index < -0.39 is 18.7 Å². The Morgan fingerprint density at radius 3 is 2.69 bits per heavy atom. The number of alkyl halides is 3. The number of hydrogen-bond donors (Lipinski definition) is 1. The van der Waals surface area contributed by atoms with Gasteiger partial charge in [0.05, 0.1) is 23.5 Å². The molecule has 3 heterocycles. The largest absolute Gasteiger partial charge is 0.468 e. The van der Waals surface area contributed by atoms with Crippen LogP contribution in [0.5, 0.6) is 5.88 Å². The number of nitrogens with zero attached hydrogens (tertiary/aromatic N) is 3. The molecule has 1 fully saturated rings. The molecular formula is C18H21F3N4O3S. The molecule has 0 saturated carbocycles. The van der Waals surface area contributed by atoms with Crippen molar-refractivity contribution in [3.05, 3.63) is 35.0 Å². The molecule has 1 saturated heterocycles. The van der Waals surface area contributed by atoms with Gasteiger partial charge in [-0.25, -0.2) is 9.97 Å². The third-order valence-electron chi connectivity index (χ3n) is 4.04. The minimum atomic E-state index is -4.45. The average molecular weight is 430 g/mol. The number of morpholine rings is 1. The van der Waals surface area contributed by atoms with Crippen molar-refractivity contribution in [2.45, 2.75) is 38.8 Å². The Balaban J connectivity index is 1.53. The van der Waals surface area contributed by atoms with Crippen molar-refractivity contribution in [3.8, 4) is 5.88 Å². The number of carbonyl (C=O) groups is 1. The smallest absolute Gasteiger partial charge is 0.422 e. The number of thiazole rings is 1. The van der Waals surface area contributed by atoms with Crippen LogP contribution in [0.2, 0.25) is 0 Å². The molecule has 2 atom stereocenters. The molecular weight excluding hydrogens is 409 g/mol. The molecule has 7 nitrogen and oxygen atoms in total. The molecule has 3 rings (SSSR count). The van der Waals surface area contributed by atoms with E-state index >= 15 is 0 Å². The summed E-state index contributed by atoms with van der Waals surface area (Å²) in [6.45, 7) is 4.92. The summed E-state index contributed by atoms with van der Waals surface area (Å²) < 4.78 is 46.7. The third kappa shape index (κ3) is 6.65. The average Bonchev–Trinajstić information content (AvgIpc) is 3.05. The highest BCUT2D eigenvalue weighted by molar-refractivity contribution is 7.13. The van der Waals surface area contributed by atoms with Crippen molar-refractivity contribution in [2.24, 2.45) is 0 Å². The van der Waals surface area contributed by atoms with Crippen LogP contribution in [0.1, 0.15) is 29.9 Å². The second-order valence-electron chi connectivity index (χ2n) is 6.84. The maximum absolute atomic E-state index is 12.3. The highest BCUT2D eigenvalue weighted by atomic mass is 32.1. The van der Waals surface area contributed by atoms with Crippen LogP contribution < -0.4 is 10.1 Å². The number of carbonyl (C=O) groups excluding carboxylic acids is 1. The van der Waals surface area contributed by atoms with E-state index in [0.29, 0.717) is 11.7 Å². The van der Waals surface area contributed by atoms with E-state index in [0.717, 1.165) is 25.0 Å². The number of anilines is 1. The van der Waals surface area contributed by atoms with Gasteiger partial charge >= 0.3 is 6.18 Å². The molecule has 29 heavy (non-hydrogen) atoms. The lowest BCUT2D eigenvalue weighted by Gasteiger charge is -2.34. The number of pyridine rings is 1. The summed E-state index contributed by atoms with van der Waals surface area (Å²) in [5.41, 5.74) is 1.04. The van der Waals surface area contributed by atoms with Crippen molar-refractivity contribution >= 4 is 22.4 Å². The van der Waals surface area contributed by atoms with Crippen LogP contribution in [0.25, 0.3) is 0 Å². The van der Waals surface area contributed by atoms with E-state index in [1.165, 1.54) is 23.5 Å². The zero-order valence-electron chi connectivity index (χ0n) is 15.9. The molecule has 0 spiro atoms. The molecule has 0 aliphatic carbocycles. The van der Waals surface area contributed by atoms with Crippen LogP contribution in [0.4, 0.5) is 18.3 Å². The highest BCUT2D eigenvalue weighted by Gasteiger charge is 2.28. The predicted molar refractivity (Wildman–Crippen MR) is 101 cm³/mol. The summed E-state index contributed by atoms with van der Waals surface area (Å²) >= 11 is 1.31. The lowest BCUT2D eigenvalue weighted by molar-refractivity contribution is -0.154. The van der Waals surface area contributed by atoms with Crippen molar-refractivity contribution in [1.82, 2.24) is 14.9 Å². The SMILES string of the molecule is CC1CN(Cc2csc(NC(=O)c3ccc(OCC(F)(F)F)nc3)n2)CC(C)O1. The topological polar surface area (TPSA) is 76.6 Å². The van der Waals surface area contributed by atoms with Crippen LogP contribution >= 0.6 is 11.3 Å². The number of rotatable bonds is 6. The van der Waals surface area contributed by atoms with E-state index in [1.807, 2.05) is 19.2 Å². The molecule has 2 aromatic heterocycles. The Morgan fingerprint density at radius 1 is 1.34 bits per heavy atom. The Bertz CT molecular complexity index is 819. The van der Waals surface area contributed by atoms with Crippen LogP contribution in [0.3, 0.4) is 0 Å². The third-order valence-corrected chi connectivity index (χ3v) is 4.84. The second-order valence-corrected chi connectivity index (χ2v) is 7.70. The van der Waals surface area contributed by atoms with Gasteiger partial charge in [0, 0.05) is 37.3 Å². The zero-order chi connectivity index (χ0) is 21.0. The van der Waals surface area contributed by atoms with Crippen LogP contribution in [0.15, 0.2) is 23.7 Å². The molecule has 158 valence electrons. The summed E-state index contributed by atoms with van der Waals surface area (Å²) in [6, 6.07) is 2.56. The van der Waals surface area contributed by atoms with Crippen molar-refractivity contribution in [2.75, 3.05) is 25.0 Å². The normalized spacial score (nSPS) is 20.4. The summed E-state index contributed by atoms with van der Waals surface area (Å²) in [7, 11) is 0. The first-order valence-corrected chi connectivity index (χ1v) is 9.85. The van der Waals surface area contributed by atoms with E-state index in [2.05, 4.69) is 24.9 Å². The molecule has 0 aromatic carbocycles. The number of amides is 1. The van der Waals surface area contributed by atoms with Gasteiger partial charge in [-0.3, -0.25) is 15.0 Å². The lowest BCUT2D eigenvalue weighted by atomic mass is 10.2. The standard InChI is InChI=1S/C18H21F3N4O3S/c1-11-6-25(7-12(2)28-11)8-14-9-29-17(23-14)24-16(26)13-3-4-15(22-5-13)27-10-18(19,20)21/h3-5,9,11-12H,6-8,10H2,1-2H3,(H,23,24,26). The van der Waals surface area contributed by atoms with Gasteiger partial charge in [-0.05, 0) is 19.9 Å². The van der Waals surface area contributed by atoms with Gasteiger partial charge in [-0.1, -0.05) is 0 Å². The summed E-state index contributed by atoms with van der Waals surface area (Å²) in [6.07, 6.45) is -2.97. The minimum Gasteiger partial charge on any atom is -0.468 e. The zero-order valence-corrected chi connectivity index (χ0v) is 16.7. The molecule has 1 amide bonds. The van der Waals surface area contributed by atoms with Gasteiger partial charge in [0.25, 0.3) is 5.91 Å². The second kappa shape index (κ2) is 9.06. The maximum atomic E-state index is 12.3. The molecule has 0 bridgehead atoms. The summed E-state index contributed by atoms with van der Waals surface area (Å²) in [4.78, 5) is 22.7. The first kappa shape index (κ1) is 21.5. The number of hydrogen-bond acceptors (Lipinski definition) is 7. The fourth-order valence-electron chi connectivity index (χ4n) is 3.00. The molecule has 1 aliphatic rings. The fraction of sp³-hybridized carbons (Fsp3) is 0.500. The summed E-state index contributed by atoms with van der Waals surface area (Å²) in [5.74, 6) is -0.654. The Labute approximate surface area is 169 Å². The van der Waals surface area contributed by atoms with Crippen molar-refractivity contribution < 1.29 is 27.4 Å². The molecule has 0 radical (unpaired) electrons. The minimum absolute atomic E-state index is 0.159. The van der Waals surface area contributed by atoms with Crippen LogP contribution in [0, 0.1) is 0 Å². The molecule has 11 heteroatoms. The molecule has 2 unspecified atom stereocenters. The lowest BCUT2D eigenvalue weighted by Crippen LogP contribution is -2.44. The first-order chi connectivity index (χ1) is 13.7. The van der Waals surface area contributed by atoms with E-state index in [9.17, 15) is 18.0 Å². The van der Waals surface area contributed by atoms with Gasteiger partial charge in [0.1, 0.15) is 0 Å². The van der Waals surface area contributed by atoms with Crippen molar-refractivity contribution in [3.63, 3.8) is 0 Å². The molecule has 1 N–H and O–H groups in total. The van der Waals surface area contributed by atoms with Gasteiger partial charge in [0.2, 0.25) is 5.88 Å². The van der Waals surface area contributed by atoms with Gasteiger partial charge in [-0.15, -0.1) is 11.3 Å². The van der Waals surface area contributed by atoms with Gasteiger partial charge in [0.15, 0.2) is 11.7 Å². The Morgan fingerprint density at radius 2 is 2.07 bits per heavy atom. The van der Waals surface area contributed by atoms with Crippen LogP contribution in [-0.2, 0) is 11.3 Å². The Kier molecular flexibility index (Phi) is 6.70. The fourth-order valence-corrected chi connectivity index (χ4v) is 3.70. The van der Waals surface area contributed by atoms with Gasteiger partial charge < -0.3 is 9.47 Å².